The van der Waals surface area contributed by atoms with Gasteiger partial charge in [-0.3, -0.25) is 0 Å². The van der Waals surface area contributed by atoms with Crippen LogP contribution in [-0.2, 0) is 6.54 Å². The van der Waals surface area contributed by atoms with Gasteiger partial charge in [0.2, 0.25) is 0 Å². The van der Waals surface area contributed by atoms with E-state index >= 15 is 0 Å². The summed E-state index contributed by atoms with van der Waals surface area (Å²) in [6, 6.07) is 17.1. The first-order valence-corrected chi connectivity index (χ1v) is 7.86. The lowest BCUT2D eigenvalue weighted by Crippen LogP contribution is -2.23. The molecule has 0 bridgehead atoms. The van der Waals surface area contributed by atoms with Crippen LogP contribution < -0.4 is 19.7 Å². The van der Waals surface area contributed by atoms with Crippen LogP contribution in [-0.4, -0.2) is 20.8 Å². The van der Waals surface area contributed by atoms with E-state index in [0.717, 1.165) is 35.0 Å². The molecular weight excluding hydrogens is 300 g/mol. The molecule has 24 heavy (non-hydrogen) atoms. The SMILES string of the molecule is COc1ccc(CNC2=CCN(c3[c]cccc3)C=C2)c(OC)c1. The molecule has 0 aromatic heterocycles. The summed E-state index contributed by atoms with van der Waals surface area (Å²) in [6.07, 6.45) is 6.30. The van der Waals surface area contributed by atoms with Crippen LogP contribution in [0.3, 0.4) is 0 Å². The van der Waals surface area contributed by atoms with Crippen molar-refractivity contribution in [1.82, 2.24) is 5.32 Å². The third-order valence-corrected chi connectivity index (χ3v) is 3.92. The van der Waals surface area contributed by atoms with Crippen LogP contribution >= 0.6 is 0 Å². The maximum atomic E-state index is 5.43. The van der Waals surface area contributed by atoms with Gasteiger partial charge in [0.1, 0.15) is 11.5 Å². The van der Waals surface area contributed by atoms with E-state index < -0.39 is 0 Å². The lowest BCUT2D eigenvalue weighted by molar-refractivity contribution is 0.390. The summed E-state index contributed by atoms with van der Waals surface area (Å²) in [5.74, 6) is 1.62. The molecule has 123 valence electrons. The number of para-hydroxylation sites is 1. The molecule has 0 atom stereocenters. The van der Waals surface area contributed by atoms with Crippen molar-refractivity contribution in [3.05, 3.63) is 78.1 Å². The van der Waals surface area contributed by atoms with Crippen molar-refractivity contribution < 1.29 is 9.47 Å². The monoisotopic (exact) mass is 321 g/mol. The molecule has 4 nitrogen and oxygen atoms in total. The molecule has 1 N–H and O–H groups in total. The Hall–Kier alpha value is -2.88. The van der Waals surface area contributed by atoms with Crippen molar-refractivity contribution in [3.8, 4) is 11.5 Å². The van der Waals surface area contributed by atoms with Crippen molar-refractivity contribution in [2.45, 2.75) is 6.54 Å². The topological polar surface area (TPSA) is 33.7 Å². The average Bonchev–Trinajstić information content (AvgIpc) is 2.67. The van der Waals surface area contributed by atoms with Crippen LogP contribution in [0, 0.1) is 6.07 Å². The number of anilines is 1. The zero-order chi connectivity index (χ0) is 16.8. The Labute approximate surface area is 143 Å². The maximum absolute atomic E-state index is 5.43. The minimum Gasteiger partial charge on any atom is -0.497 e. The fourth-order valence-corrected chi connectivity index (χ4v) is 2.56. The number of rotatable bonds is 6. The molecule has 1 heterocycles. The third-order valence-electron chi connectivity index (χ3n) is 3.92. The molecule has 0 spiro atoms. The minimum atomic E-state index is 0.695. The smallest absolute Gasteiger partial charge is 0.127 e. The van der Waals surface area contributed by atoms with Gasteiger partial charge in [-0.05, 0) is 30.4 Å². The first-order valence-electron chi connectivity index (χ1n) is 7.86. The Balaban J connectivity index is 1.61. The van der Waals surface area contributed by atoms with Gasteiger partial charge in [-0.1, -0.05) is 18.2 Å². The maximum Gasteiger partial charge on any atom is 0.127 e. The Morgan fingerprint density at radius 1 is 1.17 bits per heavy atom. The fourth-order valence-electron chi connectivity index (χ4n) is 2.56. The second kappa shape index (κ2) is 7.59. The molecule has 1 radical (unpaired) electrons. The quantitative estimate of drug-likeness (QED) is 0.883. The molecule has 0 saturated carbocycles. The molecular formula is C20H21N2O2. The molecule has 4 heteroatoms. The lowest BCUT2D eigenvalue weighted by atomic mass is 10.1. The van der Waals surface area contributed by atoms with Crippen LogP contribution in [0.25, 0.3) is 0 Å². The van der Waals surface area contributed by atoms with E-state index in [1.165, 1.54) is 0 Å². The van der Waals surface area contributed by atoms with Gasteiger partial charge >= 0.3 is 0 Å². The molecule has 0 saturated heterocycles. The van der Waals surface area contributed by atoms with Gasteiger partial charge < -0.3 is 19.7 Å². The predicted octanol–water partition coefficient (Wildman–Crippen LogP) is 3.51. The second-order valence-corrected chi connectivity index (χ2v) is 5.41. The number of hydrogen-bond acceptors (Lipinski definition) is 4. The first-order chi connectivity index (χ1) is 11.8. The van der Waals surface area contributed by atoms with E-state index in [1.807, 2.05) is 36.4 Å². The average molecular weight is 321 g/mol. The fraction of sp³-hybridized carbons (Fsp3) is 0.200. The summed E-state index contributed by atoms with van der Waals surface area (Å²) >= 11 is 0. The van der Waals surface area contributed by atoms with Crippen molar-refractivity contribution in [2.24, 2.45) is 0 Å². The highest BCUT2D eigenvalue weighted by Gasteiger charge is 2.08. The van der Waals surface area contributed by atoms with E-state index in [2.05, 4.69) is 40.7 Å². The summed E-state index contributed by atoms with van der Waals surface area (Å²) in [7, 11) is 3.33. The molecule has 1 aliphatic rings. The van der Waals surface area contributed by atoms with Gasteiger partial charge in [0.15, 0.2) is 0 Å². The van der Waals surface area contributed by atoms with Gasteiger partial charge in [0.25, 0.3) is 0 Å². The number of allylic oxidation sites excluding steroid dienone is 1. The van der Waals surface area contributed by atoms with E-state index in [9.17, 15) is 0 Å². The molecule has 1 aliphatic heterocycles. The Morgan fingerprint density at radius 2 is 2.08 bits per heavy atom. The van der Waals surface area contributed by atoms with E-state index in [4.69, 9.17) is 9.47 Å². The summed E-state index contributed by atoms with van der Waals surface area (Å²) in [5.41, 5.74) is 3.26. The molecule has 0 aliphatic carbocycles. The first kappa shape index (κ1) is 16.0. The molecule has 3 rings (SSSR count). The highest BCUT2D eigenvalue weighted by atomic mass is 16.5. The highest BCUT2D eigenvalue weighted by Crippen LogP contribution is 2.25. The third kappa shape index (κ3) is 3.71. The summed E-state index contributed by atoms with van der Waals surface area (Å²) in [6.45, 7) is 1.51. The predicted molar refractivity (Wildman–Crippen MR) is 96.2 cm³/mol. The normalized spacial score (nSPS) is 13.4. The second-order valence-electron chi connectivity index (χ2n) is 5.41. The Morgan fingerprint density at radius 3 is 2.75 bits per heavy atom. The standard InChI is InChI=1S/C20H21N2O2/c1-23-19-9-8-16(20(14-19)24-2)15-21-17-10-12-22(13-11-17)18-6-4-3-5-7-18/h3-6,8-12,14,21H,13,15H2,1-2H3. The molecule has 2 aromatic carbocycles. The number of nitrogens with zero attached hydrogens (tertiary/aromatic N) is 1. The van der Waals surface area contributed by atoms with Crippen LogP contribution in [0.2, 0.25) is 0 Å². The molecule has 2 aromatic rings. The van der Waals surface area contributed by atoms with Gasteiger partial charge in [0.05, 0.1) is 14.2 Å². The van der Waals surface area contributed by atoms with Gasteiger partial charge in [-0.2, -0.15) is 0 Å². The molecule has 0 fully saturated rings. The van der Waals surface area contributed by atoms with E-state index in [0.29, 0.717) is 6.54 Å². The Kier molecular flexibility index (Phi) is 5.06. The zero-order valence-corrected chi connectivity index (χ0v) is 14.0. The number of ether oxygens (including phenoxy) is 2. The summed E-state index contributed by atoms with van der Waals surface area (Å²) < 4.78 is 10.7. The van der Waals surface area contributed by atoms with Gasteiger partial charge in [0, 0.05) is 48.4 Å². The van der Waals surface area contributed by atoms with Crippen molar-refractivity contribution in [1.29, 1.82) is 0 Å². The van der Waals surface area contributed by atoms with Gasteiger partial charge in [-0.25, -0.2) is 0 Å². The summed E-state index contributed by atoms with van der Waals surface area (Å²) in [4.78, 5) is 2.15. The van der Waals surface area contributed by atoms with Gasteiger partial charge in [-0.15, -0.1) is 0 Å². The number of methoxy groups -OCH3 is 2. The largest absolute Gasteiger partial charge is 0.497 e. The van der Waals surface area contributed by atoms with Crippen molar-refractivity contribution in [3.63, 3.8) is 0 Å². The van der Waals surface area contributed by atoms with Crippen LogP contribution in [0.5, 0.6) is 11.5 Å². The van der Waals surface area contributed by atoms with E-state index in [-0.39, 0.29) is 0 Å². The lowest BCUT2D eigenvalue weighted by Gasteiger charge is -2.23. The Bertz CT molecular complexity index is 739. The number of benzene rings is 2. The molecule has 0 amide bonds. The minimum absolute atomic E-state index is 0.695. The molecule has 0 unspecified atom stereocenters. The van der Waals surface area contributed by atoms with Crippen LogP contribution in [0.4, 0.5) is 5.69 Å². The number of hydrogen-bond donors (Lipinski definition) is 1. The zero-order valence-electron chi connectivity index (χ0n) is 14.0. The van der Waals surface area contributed by atoms with Crippen LogP contribution in [0.15, 0.2) is 66.5 Å². The van der Waals surface area contributed by atoms with E-state index in [1.54, 1.807) is 14.2 Å². The summed E-state index contributed by atoms with van der Waals surface area (Å²) in [5, 5.41) is 3.44. The number of nitrogens with one attached hydrogen (secondary N) is 1. The highest BCUT2D eigenvalue weighted by molar-refractivity contribution is 5.51. The van der Waals surface area contributed by atoms with Crippen molar-refractivity contribution >= 4 is 5.69 Å². The van der Waals surface area contributed by atoms with Crippen molar-refractivity contribution in [2.75, 3.05) is 25.7 Å². The van der Waals surface area contributed by atoms with Crippen LogP contribution in [0.1, 0.15) is 5.56 Å².